The van der Waals surface area contributed by atoms with Crippen molar-refractivity contribution in [3.63, 3.8) is 0 Å². The molecule has 3 aromatic rings. The van der Waals surface area contributed by atoms with Crippen LogP contribution < -0.4 is 20.1 Å². The number of urea groups is 1. The van der Waals surface area contributed by atoms with E-state index in [1.54, 1.807) is 14.2 Å². The first-order chi connectivity index (χ1) is 13.5. The third kappa shape index (κ3) is 4.25. The van der Waals surface area contributed by atoms with Gasteiger partial charge in [0.05, 0.1) is 31.3 Å². The van der Waals surface area contributed by atoms with Crippen LogP contribution in [0.1, 0.15) is 17.0 Å². The van der Waals surface area contributed by atoms with Crippen LogP contribution in [0.15, 0.2) is 48.5 Å². The van der Waals surface area contributed by atoms with Crippen LogP contribution in [0.3, 0.4) is 0 Å². The van der Waals surface area contributed by atoms with E-state index in [0.29, 0.717) is 23.7 Å². The summed E-state index contributed by atoms with van der Waals surface area (Å²) in [6.45, 7) is 4.22. The molecule has 146 valence electrons. The number of nitrogens with zero attached hydrogens (tertiary/aromatic N) is 2. The lowest BCUT2D eigenvalue weighted by Crippen LogP contribution is -2.29. The Morgan fingerprint density at radius 2 is 1.86 bits per heavy atom. The molecule has 0 aliphatic rings. The number of aromatic nitrogens is 2. The lowest BCUT2D eigenvalue weighted by atomic mass is 10.2. The van der Waals surface area contributed by atoms with Crippen LogP contribution >= 0.6 is 0 Å². The van der Waals surface area contributed by atoms with Gasteiger partial charge in [0.2, 0.25) is 0 Å². The molecule has 0 radical (unpaired) electrons. The average Bonchev–Trinajstić information content (AvgIpc) is 3.04. The molecule has 1 aromatic heterocycles. The molecule has 28 heavy (non-hydrogen) atoms. The number of benzene rings is 2. The van der Waals surface area contributed by atoms with Gasteiger partial charge in [-0.3, -0.25) is 0 Å². The normalized spacial score (nSPS) is 10.4. The number of carbonyl (C=O) groups is 1. The Bertz CT molecular complexity index is 982. The number of ether oxygens (including phenoxy) is 2. The van der Waals surface area contributed by atoms with Crippen LogP contribution in [0.5, 0.6) is 11.5 Å². The summed E-state index contributed by atoms with van der Waals surface area (Å²) in [4.78, 5) is 12.5. The fourth-order valence-corrected chi connectivity index (χ4v) is 3.00. The molecule has 0 saturated heterocycles. The highest BCUT2D eigenvalue weighted by atomic mass is 16.5. The molecule has 1 heterocycles. The van der Waals surface area contributed by atoms with Crippen molar-refractivity contribution in [2.45, 2.75) is 20.4 Å². The molecule has 0 bridgehead atoms. The lowest BCUT2D eigenvalue weighted by Gasteiger charge is -2.14. The lowest BCUT2D eigenvalue weighted by molar-refractivity contribution is 0.251. The summed E-state index contributed by atoms with van der Waals surface area (Å²) in [6.07, 6.45) is 0. The highest BCUT2D eigenvalue weighted by molar-refractivity contribution is 5.91. The van der Waals surface area contributed by atoms with Crippen molar-refractivity contribution in [1.29, 1.82) is 0 Å². The van der Waals surface area contributed by atoms with Gasteiger partial charge in [-0.15, -0.1) is 0 Å². The topological polar surface area (TPSA) is 77.4 Å². The van der Waals surface area contributed by atoms with Crippen LogP contribution in [0.4, 0.5) is 10.5 Å². The van der Waals surface area contributed by atoms with Gasteiger partial charge in [-0.05, 0) is 50.2 Å². The highest BCUT2D eigenvalue weighted by Crippen LogP contribution is 2.24. The Hall–Kier alpha value is -3.48. The van der Waals surface area contributed by atoms with E-state index < -0.39 is 0 Å². The molecule has 3 rings (SSSR count). The first-order valence-electron chi connectivity index (χ1n) is 8.90. The molecule has 0 spiro atoms. The number of para-hydroxylation sites is 2. The zero-order chi connectivity index (χ0) is 20.1. The van der Waals surface area contributed by atoms with Gasteiger partial charge in [-0.25, -0.2) is 9.48 Å². The molecule has 2 N–H and O–H groups in total. The Morgan fingerprint density at radius 1 is 1.07 bits per heavy atom. The predicted octanol–water partition coefficient (Wildman–Crippen LogP) is 3.83. The molecule has 0 unspecified atom stereocenters. The molecule has 2 aromatic carbocycles. The first-order valence-corrected chi connectivity index (χ1v) is 8.90. The predicted molar refractivity (Wildman–Crippen MR) is 108 cm³/mol. The van der Waals surface area contributed by atoms with E-state index in [-0.39, 0.29) is 6.03 Å². The molecule has 7 heteroatoms. The SMILES string of the molecule is COc1ccc(OC)c(CNC(=O)Nc2ccccc2-n2nc(C)cc2C)c1. The second kappa shape index (κ2) is 8.47. The fraction of sp³-hybridized carbons (Fsp3) is 0.238. The number of hydrogen-bond acceptors (Lipinski definition) is 4. The van der Waals surface area contributed by atoms with E-state index in [1.807, 2.05) is 67.1 Å². The minimum Gasteiger partial charge on any atom is -0.497 e. The van der Waals surface area contributed by atoms with E-state index in [0.717, 1.165) is 22.6 Å². The Morgan fingerprint density at radius 3 is 2.54 bits per heavy atom. The smallest absolute Gasteiger partial charge is 0.319 e. The molecule has 0 aliphatic carbocycles. The van der Waals surface area contributed by atoms with Gasteiger partial charge in [-0.1, -0.05) is 12.1 Å². The summed E-state index contributed by atoms with van der Waals surface area (Å²) in [5.41, 5.74) is 4.21. The summed E-state index contributed by atoms with van der Waals surface area (Å²) in [5.74, 6) is 1.39. The number of hydrogen-bond donors (Lipinski definition) is 2. The van der Waals surface area contributed by atoms with Gasteiger partial charge >= 0.3 is 6.03 Å². The molecule has 2 amide bonds. The number of aryl methyl sites for hydroxylation is 2. The quantitative estimate of drug-likeness (QED) is 0.681. The Labute approximate surface area is 164 Å². The maximum atomic E-state index is 12.5. The van der Waals surface area contributed by atoms with Crippen LogP contribution in [-0.2, 0) is 6.54 Å². The fourth-order valence-electron chi connectivity index (χ4n) is 3.00. The third-order valence-corrected chi connectivity index (χ3v) is 4.32. The summed E-state index contributed by atoms with van der Waals surface area (Å²) in [5, 5.41) is 10.3. The number of methoxy groups -OCH3 is 2. The number of rotatable bonds is 6. The van der Waals surface area contributed by atoms with Gasteiger partial charge < -0.3 is 20.1 Å². The minimum atomic E-state index is -0.321. The zero-order valence-electron chi connectivity index (χ0n) is 16.4. The summed E-state index contributed by atoms with van der Waals surface area (Å²) < 4.78 is 12.4. The van der Waals surface area contributed by atoms with Crippen molar-refractivity contribution < 1.29 is 14.3 Å². The second-order valence-electron chi connectivity index (χ2n) is 6.34. The van der Waals surface area contributed by atoms with Crippen LogP contribution in [0.25, 0.3) is 5.69 Å². The summed E-state index contributed by atoms with van der Waals surface area (Å²) in [7, 11) is 3.19. The number of amides is 2. The van der Waals surface area contributed by atoms with Crippen molar-refractivity contribution in [3.05, 3.63) is 65.5 Å². The Balaban J connectivity index is 1.74. The molecule has 0 saturated carbocycles. The first kappa shape index (κ1) is 19.3. The minimum absolute atomic E-state index is 0.300. The van der Waals surface area contributed by atoms with Gasteiger partial charge in [0.25, 0.3) is 0 Å². The van der Waals surface area contributed by atoms with E-state index in [1.165, 1.54) is 0 Å². The number of anilines is 1. The highest BCUT2D eigenvalue weighted by Gasteiger charge is 2.12. The van der Waals surface area contributed by atoms with E-state index in [9.17, 15) is 4.79 Å². The molecule has 0 atom stereocenters. The van der Waals surface area contributed by atoms with Crippen molar-refractivity contribution in [2.75, 3.05) is 19.5 Å². The van der Waals surface area contributed by atoms with Crippen molar-refractivity contribution in [3.8, 4) is 17.2 Å². The average molecular weight is 380 g/mol. The molecular weight excluding hydrogens is 356 g/mol. The monoisotopic (exact) mass is 380 g/mol. The number of carbonyl (C=O) groups excluding carboxylic acids is 1. The van der Waals surface area contributed by atoms with Crippen LogP contribution in [0, 0.1) is 13.8 Å². The van der Waals surface area contributed by atoms with Gasteiger partial charge in [0, 0.05) is 17.8 Å². The summed E-state index contributed by atoms with van der Waals surface area (Å²) in [6, 6.07) is 14.7. The number of nitrogens with one attached hydrogen (secondary N) is 2. The molecule has 0 fully saturated rings. The summed E-state index contributed by atoms with van der Waals surface area (Å²) >= 11 is 0. The van der Waals surface area contributed by atoms with Crippen LogP contribution in [0.2, 0.25) is 0 Å². The molecule has 7 nitrogen and oxygen atoms in total. The second-order valence-corrected chi connectivity index (χ2v) is 6.34. The molecular formula is C21H24N4O3. The van der Waals surface area contributed by atoms with Crippen molar-refractivity contribution >= 4 is 11.7 Å². The largest absolute Gasteiger partial charge is 0.497 e. The van der Waals surface area contributed by atoms with E-state index in [4.69, 9.17) is 9.47 Å². The standard InChI is InChI=1S/C21H24N4O3/c1-14-11-15(2)25(24-14)19-8-6-5-7-18(19)23-21(26)22-13-16-12-17(27-3)9-10-20(16)28-4/h5-12H,13H2,1-4H3,(H2,22,23,26). The van der Waals surface area contributed by atoms with E-state index in [2.05, 4.69) is 15.7 Å². The third-order valence-electron chi connectivity index (χ3n) is 4.32. The maximum Gasteiger partial charge on any atom is 0.319 e. The van der Waals surface area contributed by atoms with Crippen molar-refractivity contribution in [2.24, 2.45) is 0 Å². The maximum absolute atomic E-state index is 12.5. The van der Waals surface area contributed by atoms with Gasteiger partial charge in [0.15, 0.2) is 0 Å². The van der Waals surface area contributed by atoms with Crippen molar-refractivity contribution in [1.82, 2.24) is 15.1 Å². The van der Waals surface area contributed by atoms with Gasteiger partial charge in [0.1, 0.15) is 11.5 Å². The molecule has 0 aliphatic heterocycles. The van der Waals surface area contributed by atoms with E-state index >= 15 is 0 Å². The van der Waals surface area contributed by atoms with Crippen LogP contribution in [-0.4, -0.2) is 30.0 Å². The van der Waals surface area contributed by atoms with Gasteiger partial charge in [-0.2, -0.15) is 5.10 Å². The Kier molecular flexibility index (Phi) is 5.84. The zero-order valence-corrected chi connectivity index (χ0v) is 16.4.